The number of amides is 2. The van der Waals surface area contributed by atoms with Gasteiger partial charge < -0.3 is 15.8 Å². The Morgan fingerprint density at radius 1 is 1.00 bits per heavy atom. The summed E-state index contributed by atoms with van der Waals surface area (Å²) < 4.78 is 82.9. The Morgan fingerprint density at radius 2 is 1.55 bits per heavy atom. The molecule has 0 saturated heterocycles. The van der Waals surface area contributed by atoms with Crippen molar-refractivity contribution in [1.29, 1.82) is 0 Å². The van der Waals surface area contributed by atoms with E-state index < -0.39 is 53.3 Å². The first-order chi connectivity index (χ1) is 14.3. The van der Waals surface area contributed by atoms with Crippen LogP contribution in [-0.4, -0.2) is 25.0 Å². The molecule has 0 radical (unpaired) electrons. The minimum Gasteiger partial charge on any atom is -0.496 e. The summed E-state index contributed by atoms with van der Waals surface area (Å²) in [7, 11) is 1.39. The maximum absolute atomic E-state index is 13.0. The van der Waals surface area contributed by atoms with Crippen LogP contribution in [0.4, 0.5) is 26.3 Å². The maximum Gasteiger partial charge on any atom is 0.416 e. The number of carbonyl (C=O) groups is 2. The second-order valence-electron chi connectivity index (χ2n) is 6.63. The lowest BCUT2D eigenvalue weighted by Gasteiger charge is -2.18. The van der Waals surface area contributed by atoms with Gasteiger partial charge in [-0.1, -0.05) is 18.2 Å². The lowest BCUT2D eigenvalue weighted by molar-refractivity contribution is -0.143. The Morgan fingerprint density at radius 3 is 2.03 bits per heavy atom. The minimum absolute atomic E-state index is 0.0324. The van der Waals surface area contributed by atoms with Gasteiger partial charge in [-0.25, -0.2) is 0 Å². The number of methoxy groups -OCH3 is 1. The summed E-state index contributed by atoms with van der Waals surface area (Å²) in [6.07, 6.45) is -11.0. The average molecular weight is 448 g/mol. The van der Waals surface area contributed by atoms with Crippen LogP contribution in [0.1, 0.15) is 22.3 Å². The molecule has 5 nitrogen and oxygen atoms in total. The molecule has 31 heavy (non-hydrogen) atoms. The predicted octanol–water partition coefficient (Wildman–Crippen LogP) is 3.49. The summed E-state index contributed by atoms with van der Waals surface area (Å²) in [4.78, 5) is 24.0. The summed E-state index contributed by atoms with van der Waals surface area (Å²) in [5, 5.41) is 2.25. The molecular formula is C20H18F6N2O3. The first-order valence-corrected chi connectivity index (χ1v) is 8.80. The van der Waals surface area contributed by atoms with E-state index in [4.69, 9.17) is 10.5 Å². The Balaban J connectivity index is 2.24. The fourth-order valence-electron chi connectivity index (χ4n) is 2.87. The van der Waals surface area contributed by atoms with Crippen molar-refractivity contribution in [1.82, 2.24) is 5.32 Å². The third-order valence-corrected chi connectivity index (χ3v) is 4.31. The van der Waals surface area contributed by atoms with Crippen LogP contribution < -0.4 is 15.8 Å². The van der Waals surface area contributed by atoms with E-state index in [1.807, 2.05) is 0 Å². The van der Waals surface area contributed by atoms with Crippen molar-refractivity contribution in [3.8, 4) is 5.75 Å². The van der Waals surface area contributed by atoms with E-state index in [0.29, 0.717) is 23.4 Å². The summed E-state index contributed by atoms with van der Waals surface area (Å²) in [5.41, 5.74) is 2.22. The standard InChI is InChI=1S/C20H18F6N2O3/c1-31-16-5-3-2-4-12(16)9-15(18(27)30)28-17(29)8-11-6-13(19(21,22)23)10-14(7-11)20(24,25)26/h2-7,10,15H,8-9H2,1H3,(H2,27,30)(H,28,29)/t15-/m1/s1. The number of alkyl halides is 6. The molecule has 168 valence electrons. The molecule has 0 saturated carbocycles. The first kappa shape index (κ1) is 24.0. The molecule has 2 aromatic rings. The topological polar surface area (TPSA) is 81.4 Å². The van der Waals surface area contributed by atoms with Crippen molar-refractivity contribution < 1.29 is 40.7 Å². The number of rotatable bonds is 7. The molecule has 0 unspecified atom stereocenters. The maximum atomic E-state index is 13.0. The van der Waals surface area contributed by atoms with Crippen LogP contribution in [0.25, 0.3) is 0 Å². The zero-order chi connectivity index (χ0) is 23.4. The van der Waals surface area contributed by atoms with Gasteiger partial charge in [-0.3, -0.25) is 9.59 Å². The van der Waals surface area contributed by atoms with Crippen LogP contribution in [0.15, 0.2) is 42.5 Å². The molecule has 3 N–H and O–H groups in total. The van der Waals surface area contributed by atoms with Gasteiger partial charge in [0.05, 0.1) is 24.7 Å². The SMILES string of the molecule is COc1ccccc1C[C@@H](NC(=O)Cc1cc(C(F)(F)F)cc(C(F)(F)F)c1)C(N)=O. The van der Waals surface area contributed by atoms with Crippen LogP contribution in [0.3, 0.4) is 0 Å². The van der Waals surface area contributed by atoms with E-state index in [1.54, 1.807) is 24.3 Å². The quantitative estimate of drug-likeness (QED) is 0.637. The van der Waals surface area contributed by atoms with Gasteiger partial charge in [0.1, 0.15) is 11.8 Å². The number of nitrogens with one attached hydrogen (secondary N) is 1. The molecular weight excluding hydrogens is 430 g/mol. The van der Waals surface area contributed by atoms with Crippen LogP contribution in [0.5, 0.6) is 5.75 Å². The molecule has 0 aliphatic carbocycles. The van der Waals surface area contributed by atoms with Gasteiger partial charge in [-0.2, -0.15) is 26.3 Å². The Kier molecular flexibility index (Phi) is 7.19. The van der Waals surface area contributed by atoms with Crippen LogP contribution in [0, 0.1) is 0 Å². The van der Waals surface area contributed by atoms with Crippen LogP contribution in [0.2, 0.25) is 0 Å². The molecule has 0 aliphatic heterocycles. The highest BCUT2D eigenvalue weighted by molar-refractivity contribution is 5.87. The zero-order valence-electron chi connectivity index (χ0n) is 16.1. The Labute approximate surface area is 173 Å². The van der Waals surface area contributed by atoms with Crippen molar-refractivity contribution >= 4 is 11.8 Å². The number of primary amides is 1. The molecule has 2 rings (SSSR count). The lowest BCUT2D eigenvalue weighted by atomic mass is 10.0. The highest BCUT2D eigenvalue weighted by Gasteiger charge is 2.37. The first-order valence-electron chi connectivity index (χ1n) is 8.80. The van der Waals surface area contributed by atoms with E-state index in [2.05, 4.69) is 5.32 Å². The van der Waals surface area contributed by atoms with Crippen molar-refractivity contribution in [3.05, 3.63) is 64.7 Å². The molecule has 0 fully saturated rings. The molecule has 1 atom stereocenters. The van der Waals surface area contributed by atoms with Crippen LogP contribution in [-0.2, 0) is 34.8 Å². The molecule has 0 aliphatic rings. The molecule has 11 heteroatoms. The number of hydrogen-bond donors (Lipinski definition) is 2. The van der Waals surface area contributed by atoms with E-state index in [9.17, 15) is 35.9 Å². The predicted molar refractivity (Wildman–Crippen MR) is 98.0 cm³/mol. The van der Waals surface area contributed by atoms with Crippen molar-refractivity contribution in [2.24, 2.45) is 5.73 Å². The second-order valence-corrected chi connectivity index (χ2v) is 6.63. The molecule has 2 aromatic carbocycles. The third-order valence-electron chi connectivity index (χ3n) is 4.31. The molecule has 0 heterocycles. The minimum atomic E-state index is -5.04. The summed E-state index contributed by atoms with van der Waals surface area (Å²) in [6, 6.07) is 6.17. The highest BCUT2D eigenvalue weighted by atomic mass is 19.4. The number of carbonyl (C=O) groups excluding carboxylic acids is 2. The smallest absolute Gasteiger partial charge is 0.416 e. The monoisotopic (exact) mass is 448 g/mol. The third kappa shape index (κ3) is 6.63. The van der Waals surface area contributed by atoms with Crippen molar-refractivity contribution in [2.45, 2.75) is 31.2 Å². The lowest BCUT2D eigenvalue weighted by Crippen LogP contribution is -2.46. The number of nitrogens with two attached hydrogens (primary N) is 1. The van der Waals surface area contributed by atoms with Gasteiger partial charge in [0.25, 0.3) is 0 Å². The number of benzene rings is 2. The van der Waals surface area contributed by atoms with Gasteiger partial charge in [0.15, 0.2) is 0 Å². The van der Waals surface area contributed by atoms with Gasteiger partial charge in [0.2, 0.25) is 11.8 Å². The Bertz CT molecular complexity index is 924. The molecule has 0 bridgehead atoms. The normalized spacial score (nSPS) is 12.9. The van der Waals surface area contributed by atoms with Gasteiger partial charge in [-0.05, 0) is 35.4 Å². The van der Waals surface area contributed by atoms with Crippen LogP contribution >= 0.6 is 0 Å². The fourth-order valence-corrected chi connectivity index (χ4v) is 2.87. The van der Waals surface area contributed by atoms with E-state index in [1.165, 1.54) is 7.11 Å². The van der Waals surface area contributed by atoms with Gasteiger partial charge in [-0.15, -0.1) is 0 Å². The number of para-hydroxylation sites is 1. The van der Waals surface area contributed by atoms with E-state index >= 15 is 0 Å². The molecule has 2 amide bonds. The Hall–Kier alpha value is -3.24. The number of hydrogen-bond acceptors (Lipinski definition) is 3. The summed E-state index contributed by atoms with van der Waals surface area (Å²) in [5.74, 6) is -1.49. The van der Waals surface area contributed by atoms with Gasteiger partial charge >= 0.3 is 12.4 Å². The number of ether oxygens (including phenoxy) is 1. The molecule has 0 aromatic heterocycles. The zero-order valence-corrected chi connectivity index (χ0v) is 16.1. The second kappa shape index (κ2) is 9.27. The van der Waals surface area contributed by atoms with E-state index in [0.717, 1.165) is 0 Å². The summed E-state index contributed by atoms with van der Waals surface area (Å²) >= 11 is 0. The van der Waals surface area contributed by atoms with Gasteiger partial charge in [0, 0.05) is 6.42 Å². The number of halogens is 6. The summed E-state index contributed by atoms with van der Waals surface area (Å²) in [6.45, 7) is 0. The highest BCUT2D eigenvalue weighted by Crippen LogP contribution is 2.36. The van der Waals surface area contributed by atoms with E-state index in [-0.39, 0.29) is 12.5 Å². The molecule has 0 spiro atoms. The van der Waals surface area contributed by atoms with Crippen molar-refractivity contribution in [2.75, 3.05) is 7.11 Å². The fraction of sp³-hybridized carbons (Fsp3) is 0.300. The largest absolute Gasteiger partial charge is 0.496 e. The average Bonchev–Trinajstić information content (AvgIpc) is 2.66. The van der Waals surface area contributed by atoms with Crippen molar-refractivity contribution in [3.63, 3.8) is 0 Å².